The Labute approximate surface area is 117 Å². The maximum Gasteiger partial charge on any atom is 0.126 e. The van der Waals surface area contributed by atoms with Crippen LogP contribution in [0.1, 0.15) is 22.6 Å². The number of nitrogens with one attached hydrogen (secondary N) is 1. The molecular weight excluding hydrogens is 256 g/mol. The summed E-state index contributed by atoms with van der Waals surface area (Å²) in [5, 5.41) is 3.25. The van der Waals surface area contributed by atoms with Gasteiger partial charge in [0.05, 0.1) is 0 Å². The average molecular weight is 273 g/mol. The van der Waals surface area contributed by atoms with Gasteiger partial charge < -0.3 is 5.32 Å². The van der Waals surface area contributed by atoms with Crippen molar-refractivity contribution < 1.29 is 8.78 Å². The van der Waals surface area contributed by atoms with E-state index in [1.165, 1.54) is 23.3 Å². The number of benzene rings is 2. The molecule has 0 saturated heterocycles. The van der Waals surface area contributed by atoms with Crippen LogP contribution in [-0.2, 0) is 12.8 Å². The lowest BCUT2D eigenvalue weighted by Gasteiger charge is -2.36. The summed E-state index contributed by atoms with van der Waals surface area (Å²) in [6.07, 6.45) is 1.50. The number of halogens is 2. The topological polar surface area (TPSA) is 12.0 Å². The molecule has 1 aliphatic rings. The molecule has 1 aliphatic carbocycles. The first-order valence-electron chi connectivity index (χ1n) is 6.88. The predicted molar refractivity (Wildman–Crippen MR) is 75.8 cm³/mol. The standard InChI is InChI=1S/C17H17F2N/c1-20-17(10-12-8-13(18)6-7-16(12)19)15-9-11-4-2-3-5-14(11)15/h2-8,15,17,20H,9-10H2,1H3. The van der Waals surface area contributed by atoms with Crippen molar-refractivity contribution in [1.82, 2.24) is 5.32 Å². The first kappa shape index (κ1) is 13.3. The number of hydrogen-bond donors (Lipinski definition) is 1. The monoisotopic (exact) mass is 273 g/mol. The lowest BCUT2D eigenvalue weighted by molar-refractivity contribution is 0.416. The molecule has 0 aliphatic heterocycles. The van der Waals surface area contributed by atoms with Crippen LogP contribution >= 0.6 is 0 Å². The second kappa shape index (κ2) is 5.33. The summed E-state index contributed by atoms with van der Waals surface area (Å²) in [6, 6.07) is 12.1. The van der Waals surface area contributed by atoms with E-state index in [0.29, 0.717) is 17.9 Å². The van der Waals surface area contributed by atoms with Crippen molar-refractivity contribution in [2.45, 2.75) is 24.8 Å². The highest BCUT2D eigenvalue weighted by molar-refractivity contribution is 5.41. The summed E-state index contributed by atoms with van der Waals surface area (Å²) in [5.74, 6) is -0.344. The van der Waals surface area contributed by atoms with Gasteiger partial charge in [-0.2, -0.15) is 0 Å². The van der Waals surface area contributed by atoms with Crippen LogP contribution in [0, 0.1) is 11.6 Å². The number of likely N-dealkylation sites (N-methyl/N-ethyl adjacent to an activating group) is 1. The second-order valence-corrected chi connectivity index (χ2v) is 5.34. The van der Waals surface area contributed by atoms with Crippen LogP contribution in [0.25, 0.3) is 0 Å². The third-order valence-corrected chi connectivity index (χ3v) is 4.20. The first-order valence-corrected chi connectivity index (χ1v) is 6.88. The molecule has 0 fully saturated rings. The molecule has 0 amide bonds. The van der Waals surface area contributed by atoms with Gasteiger partial charge in [-0.3, -0.25) is 0 Å². The number of rotatable bonds is 4. The maximum atomic E-state index is 13.8. The Morgan fingerprint density at radius 3 is 2.75 bits per heavy atom. The SMILES string of the molecule is CNC(Cc1cc(F)ccc1F)C1Cc2ccccc21. The van der Waals surface area contributed by atoms with Crippen molar-refractivity contribution in [3.63, 3.8) is 0 Å². The maximum absolute atomic E-state index is 13.8. The molecule has 0 spiro atoms. The Kier molecular flexibility index (Phi) is 3.53. The molecule has 3 heteroatoms. The summed E-state index contributed by atoms with van der Waals surface area (Å²) < 4.78 is 27.0. The van der Waals surface area contributed by atoms with Crippen LogP contribution in [0.15, 0.2) is 42.5 Å². The van der Waals surface area contributed by atoms with Crippen molar-refractivity contribution in [2.24, 2.45) is 0 Å². The Balaban J connectivity index is 1.81. The van der Waals surface area contributed by atoms with Crippen molar-refractivity contribution in [2.75, 3.05) is 7.05 Å². The van der Waals surface area contributed by atoms with Crippen molar-refractivity contribution >= 4 is 0 Å². The van der Waals surface area contributed by atoms with Crippen LogP contribution in [0.2, 0.25) is 0 Å². The average Bonchev–Trinajstić information content (AvgIpc) is 2.43. The molecule has 3 rings (SSSR count). The molecule has 20 heavy (non-hydrogen) atoms. The molecule has 104 valence electrons. The fourth-order valence-electron chi connectivity index (χ4n) is 3.04. The van der Waals surface area contributed by atoms with Gasteiger partial charge in [0, 0.05) is 12.0 Å². The molecular formula is C17H17F2N. The molecule has 0 aromatic heterocycles. The number of hydrogen-bond acceptors (Lipinski definition) is 1. The Hall–Kier alpha value is -1.74. The Morgan fingerprint density at radius 2 is 2.00 bits per heavy atom. The first-order chi connectivity index (χ1) is 9.69. The summed E-state index contributed by atoms with van der Waals surface area (Å²) >= 11 is 0. The highest BCUT2D eigenvalue weighted by Gasteiger charge is 2.32. The van der Waals surface area contributed by atoms with Gasteiger partial charge in [-0.15, -0.1) is 0 Å². The third kappa shape index (κ3) is 2.34. The second-order valence-electron chi connectivity index (χ2n) is 5.34. The van der Waals surface area contributed by atoms with Gasteiger partial charge in [-0.1, -0.05) is 24.3 Å². The van der Waals surface area contributed by atoms with Gasteiger partial charge in [-0.25, -0.2) is 8.78 Å². The Bertz CT molecular complexity index is 624. The van der Waals surface area contributed by atoms with Crippen LogP contribution in [-0.4, -0.2) is 13.1 Å². The largest absolute Gasteiger partial charge is 0.316 e. The van der Waals surface area contributed by atoms with E-state index in [2.05, 4.69) is 17.4 Å². The fourth-order valence-corrected chi connectivity index (χ4v) is 3.04. The molecule has 2 atom stereocenters. The van der Waals surface area contributed by atoms with Crippen LogP contribution in [0.5, 0.6) is 0 Å². The molecule has 0 heterocycles. The minimum absolute atomic E-state index is 0.126. The van der Waals surface area contributed by atoms with Crippen molar-refractivity contribution in [3.05, 3.63) is 70.8 Å². The molecule has 2 unspecified atom stereocenters. The summed E-state index contributed by atoms with van der Waals surface area (Å²) in [7, 11) is 1.88. The van der Waals surface area contributed by atoms with E-state index < -0.39 is 0 Å². The lowest BCUT2D eigenvalue weighted by Crippen LogP contribution is -2.39. The van der Waals surface area contributed by atoms with E-state index in [1.807, 2.05) is 19.2 Å². The van der Waals surface area contributed by atoms with Gasteiger partial charge in [0.15, 0.2) is 0 Å². The molecule has 2 aromatic carbocycles. The quantitative estimate of drug-likeness (QED) is 0.900. The van der Waals surface area contributed by atoms with Gasteiger partial charge in [0.2, 0.25) is 0 Å². The fraction of sp³-hybridized carbons (Fsp3) is 0.294. The molecule has 0 saturated carbocycles. The zero-order valence-electron chi connectivity index (χ0n) is 11.4. The highest BCUT2D eigenvalue weighted by atomic mass is 19.1. The van der Waals surface area contributed by atoms with Crippen molar-refractivity contribution in [3.8, 4) is 0 Å². The zero-order valence-corrected chi connectivity index (χ0v) is 11.4. The minimum atomic E-state index is -0.384. The van der Waals surface area contributed by atoms with E-state index in [4.69, 9.17) is 0 Å². The van der Waals surface area contributed by atoms with E-state index in [1.54, 1.807) is 0 Å². The predicted octanol–water partition coefficient (Wildman–Crippen LogP) is 3.44. The van der Waals surface area contributed by atoms with Crippen LogP contribution in [0.3, 0.4) is 0 Å². The zero-order chi connectivity index (χ0) is 14.1. The van der Waals surface area contributed by atoms with Gasteiger partial charge in [0.1, 0.15) is 11.6 Å². The highest BCUT2D eigenvalue weighted by Crippen LogP contribution is 2.38. The number of fused-ring (bicyclic) bond motifs is 1. The molecule has 1 N–H and O–H groups in total. The molecule has 2 aromatic rings. The van der Waals surface area contributed by atoms with E-state index in [9.17, 15) is 8.78 Å². The van der Waals surface area contributed by atoms with Gasteiger partial charge in [-0.05, 0) is 54.8 Å². The van der Waals surface area contributed by atoms with E-state index >= 15 is 0 Å². The molecule has 1 nitrogen and oxygen atoms in total. The van der Waals surface area contributed by atoms with E-state index in [-0.39, 0.29) is 17.7 Å². The van der Waals surface area contributed by atoms with Crippen LogP contribution < -0.4 is 5.32 Å². The summed E-state index contributed by atoms with van der Waals surface area (Å²) in [5.41, 5.74) is 3.12. The van der Waals surface area contributed by atoms with Gasteiger partial charge in [0.25, 0.3) is 0 Å². The molecule has 0 radical (unpaired) electrons. The Morgan fingerprint density at radius 1 is 1.20 bits per heavy atom. The molecule has 0 bridgehead atoms. The van der Waals surface area contributed by atoms with Crippen LogP contribution in [0.4, 0.5) is 8.78 Å². The summed E-state index contributed by atoms with van der Waals surface area (Å²) in [6.45, 7) is 0. The van der Waals surface area contributed by atoms with Crippen molar-refractivity contribution in [1.29, 1.82) is 0 Å². The minimum Gasteiger partial charge on any atom is -0.316 e. The van der Waals surface area contributed by atoms with E-state index in [0.717, 1.165) is 12.5 Å². The smallest absolute Gasteiger partial charge is 0.126 e. The summed E-state index contributed by atoms with van der Waals surface area (Å²) in [4.78, 5) is 0. The lowest BCUT2D eigenvalue weighted by atomic mass is 9.72. The normalized spacial score (nSPS) is 18.2. The third-order valence-electron chi connectivity index (χ3n) is 4.20. The van der Waals surface area contributed by atoms with Gasteiger partial charge >= 0.3 is 0 Å².